The van der Waals surface area contributed by atoms with E-state index >= 15 is 0 Å². The van der Waals surface area contributed by atoms with E-state index in [0.29, 0.717) is 12.4 Å². The maximum atomic E-state index is 5.28. The van der Waals surface area contributed by atoms with Crippen LogP contribution >= 0.6 is 0 Å². The molecule has 0 aliphatic carbocycles. The molecule has 2 heterocycles. The van der Waals surface area contributed by atoms with Crippen LogP contribution in [0.25, 0.3) is 0 Å². The van der Waals surface area contributed by atoms with E-state index in [2.05, 4.69) is 29.0 Å². The summed E-state index contributed by atoms with van der Waals surface area (Å²) in [6, 6.07) is 3.93. The third-order valence-corrected chi connectivity index (χ3v) is 3.86. The lowest BCUT2D eigenvalue weighted by Gasteiger charge is -2.33. The van der Waals surface area contributed by atoms with Gasteiger partial charge < -0.3 is 15.0 Å². The molecule has 0 radical (unpaired) electrons. The summed E-state index contributed by atoms with van der Waals surface area (Å²) in [5, 5.41) is 3.39. The highest BCUT2D eigenvalue weighted by Gasteiger charge is 2.18. The van der Waals surface area contributed by atoms with Gasteiger partial charge in [-0.05, 0) is 31.7 Å². The smallest absolute Gasteiger partial charge is 0.218 e. The quantitative estimate of drug-likeness (QED) is 0.683. The Morgan fingerprint density at radius 1 is 1.48 bits per heavy atom. The number of ether oxygens (including phenoxy) is 1. The van der Waals surface area contributed by atoms with Gasteiger partial charge in [-0.3, -0.25) is 0 Å². The molecule has 0 atom stereocenters. The van der Waals surface area contributed by atoms with E-state index in [1.165, 1.54) is 12.8 Å². The van der Waals surface area contributed by atoms with Crippen molar-refractivity contribution in [2.75, 3.05) is 26.7 Å². The Morgan fingerprint density at radius 2 is 2.24 bits per heavy atom. The second kappa shape index (κ2) is 7.86. The van der Waals surface area contributed by atoms with E-state index in [9.17, 15) is 0 Å². The molecule has 5 nitrogen and oxygen atoms in total. The Labute approximate surface area is 127 Å². The molecule has 0 spiro atoms. The summed E-state index contributed by atoms with van der Waals surface area (Å²) >= 11 is 0. The SMILES string of the molecule is CCNC(=NCc1cccnc1OC)N1CCC(C)CC1. The van der Waals surface area contributed by atoms with Crippen molar-refractivity contribution in [1.29, 1.82) is 0 Å². The van der Waals surface area contributed by atoms with Gasteiger partial charge in [0, 0.05) is 31.4 Å². The van der Waals surface area contributed by atoms with Crippen LogP contribution in [0.2, 0.25) is 0 Å². The second-order valence-corrected chi connectivity index (χ2v) is 5.51. The number of guanidine groups is 1. The number of nitrogens with zero attached hydrogens (tertiary/aromatic N) is 3. The third-order valence-electron chi connectivity index (χ3n) is 3.86. The largest absolute Gasteiger partial charge is 0.481 e. The van der Waals surface area contributed by atoms with Crippen molar-refractivity contribution in [2.45, 2.75) is 33.2 Å². The van der Waals surface area contributed by atoms with Gasteiger partial charge in [-0.1, -0.05) is 13.0 Å². The Balaban J connectivity index is 2.06. The fraction of sp³-hybridized carbons (Fsp3) is 0.625. The molecule has 0 amide bonds. The van der Waals surface area contributed by atoms with Crippen LogP contribution in [0.5, 0.6) is 5.88 Å². The van der Waals surface area contributed by atoms with Crippen molar-refractivity contribution in [3.8, 4) is 5.88 Å². The maximum absolute atomic E-state index is 5.28. The van der Waals surface area contributed by atoms with Crippen LogP contribution in [0.1, 0.15) is 32.3 Å². The number of aromatic nitrogens is 1. The highest BCUT2D eigenvalue weighted by atomic mass is 16.5. The third kappa shape index (κ3) is 4.34. The first kappa shape index (κ1) is 15.6. The minimum atomic E-state index is 0.589. The fourth-order valence-electron chi connectivity index (χ4n) is 2.53. The van der Waals surface area contributed by atoms with E-state index < -0.39 is 0 Å². The summed E-state index contributed by atoms with van der Waals surface area (Å²) < 4.78 is 5.28. The van der Waals surface area contributed by atoms with E-state index in [0.717, 1.165) is 37.1 Å². The highest BCUT2D eigenvalue weighted by molar-refractivity contribution is 5.80. The fourth-order valence-corrected chi connectivity index (χ4v) is 2.53. The zero-order valence-electron chi connectivity index (χ0n) is 13.3. The van der Waals surface area contributed by atoms with Gasteiger partial charge in [0.05, 0.1) is 13.7 Å². The summed E-state index contributed by atoms with van der Waals surface area (Å²) in [7, 11) is 1.65. The number of pyridine rings is 1. The lowest BCUT2D eigenvalue weighted by atomic mass is 10.00. The first-order valence-corrected chi connectivity index (χ1v) is 7.75. The number of piperidine rings is 1. The van der Waals surface area contributed by atoms with E-state index in [-0.39, 0.29) is 0 Å². The van der Waals surface area contributed by atoms with Crippen LogP contribution in [0.15, 0.2) is 23.3 Å². The number of likely N-dealkylation sites (tertiary alicyclic amines) is 1. The molecule has 1 fully saturated rings. The molecular formula is C16H26N4O. The zero-order chi connectivity index (χ0) is 15.1. The van der Waals surface area contributed by atoms with Crippen molar-refractivity contribution >= 4 is 5.96 Å². The summed E-state index contributed by atoms with van der Waals surface area (Å²) in [6.07, 6.45) is 4.21. The van der Waals surface area contributed by atoms with Crippen LogP contribution in [0, 0.1) is 5.92 Å². The maximum Gasteiger partial charge on any atom is 0.218 e. The lowest BCUT2D eigenvalue weighted by molar-refractivity contribution is 0.273. The number of methoxy groups -OCH3 is 1. The van der Waals surface area contributed by atoms with Gasteiger partial charge in [0.25, 0.3) is 0 Å². The van der Waals surface area contributed by atoms with E-state index in [1.54, 1.807) is 13.3 Å². The second-order valence-electron chi connectivity index (χ2n) is 5.51. The molecule has 0 unspecified atom stereocenters. The summed E-state index contributed by atoms with van der Waals surface area (Å²) in [5.41, 5.74) is 1.01. The Morgan fingerprint density at radius 3 is 2.90 bits per heavy atom. The Bertz CT molecular complexity index is 467. The zero-order valence-corrected chi connectivity index (χ0v) is 13.3. The van der Waals surface area contributed by atoms with Gasteiger partial charge in [-0.2, -0.15) is 0 Å². The van der Waals surface area contributed by atoms with Gasteiger partial charge in [0.1, 0.15) is 0 Å². The van der Waals surface area contributed by atoms with E-state index in [1.807, 2.05) is 12.1 Å². The number of nitrogens with one attached hydrogen (secondary N) is 1. The highest BCUT2D eigenvalue weighted by Crippen LogP contribution is 2.17. The monoisotopic (exact) mass is 290 g/mol. The molecule has 21 heavy (non-hydrogen) atoms. The molecular weight excluding hydrogens is 264 g/mol. The van der Waals surface area contributed by atoms with E-state index in [4.69, 9.17) is 9.73 Å². The van der Waals surface area contributed by atoms with Crippen LogP contribution in [-0.4, -0.2) is 42.6 Å². The normalized spacial score (nSPS) is 16.9. The van der Waals surface area contributed by atoms with Crippen molar-refractivity contribution in [3.05, 3.63) is 23.9 Å². The molecule has 1 aliphatic heterocycles. The molecule has 2 rings (SSSR count). The summed E-state index contributed by atoms with van der Waals surface area (Å²) in [4.78, 5) is 11.3. The van der Waals surface area contributed by atoms with Crippen molar-refractivity contribution in [2.24, 2.45) is 10.9 Å². The summed E-state index contributed by atoms with van der Waals surface area (Å²) in [5.74, 6) is 2.47. The van der Waals surface area contributed by atoms with Gasteiger partial charge in [-0.25, -0.2) is 9.98 Å². The molecule has 116 valence electrons. The average molecular weight is 290 g/mol. The number of hydrogen-bond donors (Lipinski definition) is 1. The first-order chi connectivity index (χ1) is 10.2. The van der Waals surface area contributed by atoms with Crippen molar-refractivity contribution in [3.63, 3.8) is 0 Å². The predicted molar refractivity (Wildman–Crippen MR) is 85.6 cm³/mol. The lowest BCUT2D eigenvalue weighted by Crippen LogP contribution is -2.45. The van der Waals surface area contributed by atoms with Gasteiger partial charge in [0.2, 0.25) is 5.88 Å². The van der Waals surface area contributed by atoms with Crippen molar-refractivity contribution in [1.82, 2.24) is 15.2 Å². The number of rotatable bonds is 4. The Hall–Kier alpha value is -1.78. The summed E-state index contributed by atoms with van der Waals surface area (Å²) in [6.45, 7) is 8.06. The van der Waals surface area contributed by atoms with Crippen LogP contribution < -0.4 is 10.1 Å². The molecule has 0 saturated carbocycles. The van der Waals surface area contributed by atoms with Gasteiger partial charge >= 0.3 is 0 Å². The average Bonchev–Trinajstić information content (AvgIpc) is 2.52. The molecule has 1 aromatic heterocycles. The number of aliphatic imine (C=N–C) groups is 1. The van der Waals surface area contributed by atoms with Crippen LogP contribution in [0.4, 0.5) is 0 Å². The molecule has 1 N–H and O–H groups in total. The molecule has 5 heteroatoms. The Kier molecular flexibility index (Phi) is 5.84. The molecule has 1 aliphatic rings. The number of hydrogen-bond acceptors (Lipinski definition) is 3. The molecule has 1 aromatic rings. The van der Waals surface area contributed by atoms with Crippen LogP contribution in [-0.2, 0) is 6.54 Å². The minimum absolute atomic E-state index is 0.589. The van der Waals surface area contributed by atoms with Gasteiger partial charge in [-0.15, -0.1) is 0 Å². The molecule has 1 saturated heterocycles. The standard InChI is InChI=1S/C16H26N4O/c1-4-17-16(20-10-7-13(2)8-11-20)19-12-14-6-5-9-18-15(14)21-3/h5-6,9,13H,4,7-8,10-12H2,1-3H3,(H,17,19). The van der Waals surface area contributed by atoms with Gasteiger partial charge in [0.15, 0.2) is 5.96 Å². The predicted octanol–water partition coefficient (Wildman–Crippen LogP) is 2.29. The first-order valence-electron chi connectivity index (χ1n) is 7.75. The molecule has 0 aromatic carbocycles. The topological polar surface area (TPSA) is 49.8 Å². The molecule has 0 bridgehead atoms. The van der Waals surface area contributed by atoms with Crippen molar-refractivity contribution < 1.29 is 4.74 Å². The minimum Gasteiger partial charge on any atom is -0.481 e. The van der Waals surface area contributed by atoms with Crippen LogP contribution in [0.3, 0.4) is 0 Å².